The Morgan fingerprint density at radius 3 is 2.52 bits per heavy atom. The van der Waals surface area contributed by atoms with Crippen molar-refractivity contribution in [3.63, 3.8) is 0 Å². The fourth-order valence-corrected chi connectivity index (χ4v) is 6.98. The Balaban J connectivity index is 1.29. The van der Waals surface area contributed by atoms with Gasteiger partial charge >= 0.3 is 0 Å². The van der Waals surface area contributed by atoms with Crippen molar-refractivity contribution in [2.75, 3.05) is 17.0 Å². The molecule has 1 amide bonds. The van der Waals surface area contributed by atoms with Crippen LogP contribution in [0.4, 0.5) is 11.5 Å². The number of para-hydroxylation sites is 1. The van der Waals surface area contributed by atoms with E-state index in [-0.39, 0.29) is 16.7 Å². The first-order valence-corrected chi connectivity index (χ1v) is 16.2. The second kappa shape index (κ2) is 12.5. The normalized spacial score (nSPS) is 17.8. The molecule has 0 bridgehead atoms. The van der Waals surface area contributed by atoms with E-state index < -0.39 is 16.1 Å². The van der Waals surface area contributed by atoms with Crippen LogP contribution in [-0.4, -0.2) is 41.0 Å². The van der Waals surface area contributed by atoms with Gasteiger partial charge in [-0.2, -0.15) is 5.10 Å². The number of amides is 1. The Kier molecular flexibility index (Phi) is 8.36. The number of benzene rings is 3. The van der Waals surface area contributed by atoms with Gasteiger partial charge in [-0.3, -0.25) is 14.6 Å². The van der Waals surface area contributed by atoms with Crippen LogP contribution < -0.4 is 21.5 Å². The van der Waals surface area contributed by atoms with Gasteiger partial charge in [0.25, 0.3) is 10.0 Å². The summed E-state index contributed by atoms with van der Waals surface area (Å²) >= 11 is 0. The predicted octanol–water partition coefficient (Wildman–Crippen LogP) is 4.50. The molecule has 3 aromatic carbocycles. The van der Waals surface area contributed by atoms with Crippen molar-refractivity contribution in [2.45, 2.75) is 43.0 Å². The molecule has 6 rings (SSSR count). The number of nitrogens with one attached hydrogen (secondary N) is 4. The molecule has 1 saturated carbocycles. The average molecular weight is 613 g/mol. The largest absolute Gasteiger partial charge is 0.382 e. The van der Waals surface area contributed by atoms with Gasteiger partial charge in [0.15, 0.2) is 5.82 Å². The molecule has 0 saturated heterocycles. The van der Waals surface area contributed by atoms with Crippen LogP contribution in [0, 0.1) is 11.8 Å². The number of anilines is 2. The first-order chi connectivity index (χ1) is 21.3. The fraction of sp³-hybridized carbons (Fsp3) is 0.281. The number of nitrogens with zero attached hydrogens (tertiary/aromatic N) is 2. The zero-order chi connectivity index (χ0) is 30.7. The molecule has 2 heterocycles. The smallest absolute Gasteiger partial charge is 0.261 e. The highest BCUT2D eigenvalue weighted by molar-refractivity contribution is 7.92. The third-order valence-corrected chi connectivity index (χ3v) is 9.82. The standard InChI is InChI=1S/C32H36N8O3S/c33-18-20-10-12-21(13-11-20)32(41)37-28(31-35-19-29(36-31)23-14-15-25-27(16-23)38-39-30(25)34)17-22-6-4-5-9-26(22)40-44(42,43)24-7-2-1-3-8-24/h1-9,14-16,19-21,28,40H,10-13,17-18,33H2,(H,35,36)(H,37,41)(H3,34,38,39)/t20?,21?,28-/m0/s1. The second-order valence-electron chi connectivity index (χ2n) is 11.3. The molecule has 0 aliphatic heterocycles. The van der Waals surface area contributed by atoms with Gasteiger partial charge in [0, 0.05) is 23.3 Å². The van der Waals surface area contributed by atoms with Gasteiger partial charge < -0.3 is 21.8 Å². The van der Waals surface area contributed by atoms with Gasteiger partial charge in [-0.15, -0.1) is 0 Å². The number of imidazole rings is 1. The van der Waals surface area contributed by atoms with Crippen molar-refractivity contribution >= 4 is 38.3 Å². The van der Waals surface area contributed by atoms with Crippen LogP contribution in [0.25, 0.3) is 22.2 Å². The Labute approximate surface area is 255 Å². The minimum atomic E-state index is -3.82. The van der Waals surface area contributed by atoms with Gasteiger partial charge in [-0.05, 0) is 74.0 Å². The van der Waals surface area contributed by atoms with Crippen molar-refractivity contribution in [1.82, 2.24) is 25.5 Å². The lowest BCUT2D eigenvalue weighted by Gasteiger charge is -2.28. The van der Waals surface area contributed by atoms with E-state index in [4.69, 9.17) is 11.5 Å². The summed E-state index contributed by atoms with van der Waals surface area (Å²) in [5.41, 5.74) is 15.4. The third-order valence-electron chi connectivity index (χ3n) is 8.44. The van der Waals surface area contributed by atoms with Crippen LogP contribution in [0.3, 0.4) is 0 Å². The van der Waals surface area contributed by atoms with Crippen LogP contribution in [0.2, 0.25) is 0 Å². The van der Waals surface area contributed by atoms with Gasteiger partial charge in [0.2, 0.25) is 5.91 Å². The molecule has 0 radical (unpaired) electrons. The van der Waals surface area contributed by atoms with Crippen LogP contribution in [0.15, 0.2) is 83.9 Å². The molecule has 1 aliphatic carbocycles. The van der Waals surface area contributed by atoms with Gasteiger partial charge in [0.1, 0.15) is 5.82 Å². The summed E-state index contributed by atoms with van der Waals surface area (Å²) < 4.78 is 29.1. The molecular weight excluding hydrogens is 576 g/mol. The number of aromatic amines is 2. The first kappa shape index (κ1) is 29.4. The van der Waals surface area contributed by atoms with Crippen molar-refractivity contribution in [1.29, 1.82) is 0 Å². The Bertz CT molecular complexity index is 1860. The van der Waals surface area contributed by atoms with E-state index in [2.05, 4.69) is 30.2 Å². The van der Waals surface area contributed by atoms with Crippen LogP contribution >= 0.6 is 0 Å². The lowest BCUT2D eigenvalue weighted by Crippen LogP contribution is -2.37. The number of carbonyl (C=O) groups excluding carboxylic acids is 1. The molecule has 1 fully saturated rings. The summed E-state index contributed by atoms with van der Waals surface area (Å²) in [6.07, 6.45) is 5.45. The highest BCUT2D eigenvalue weighted by Crippen LogP contribution is 2.31. The summed E-state index contributed by atoms with van der Waals surface area (Å²) in [5.74, 6) is 1.29. The summed E-state index contributed by atoms with van der Waals surface area (Å²) in [5, 5.41) is 11.1. The van der Waals surface area contributed by atoms with E-state index in [9.17, 15) is 13.2 Å². The van der Waals surface area contributed by atoms with Crippen LogP contribution in [-0.2, 0) is 21.2 Å². The maximum atomic E-state index is 13.6. The summed E-state index contributed by atoms with van der Waals surface area (Å²) in [6, 6.07) is 20.7. The van der Waals surface area contributed by atoms with Crippen molar-refractivity contribution in [3.05, 3.63) is 90.4 Å². The summed E-state index contributed by atoms with van der Waals surface area (Å²) in [6.45, 7) is 0.638. The van der Waals surface area contributed by atoms with Crippen molar-refractivity contribution in [3.8, 4) is 11.3 Å². The average Bonchev–Trinajstić information content (AvgIpc) is 3.69. The number of hydrogen-bond donors (Lipinski definition) is 6. The molecule has 5 aromatic rings. The number of nitrogen functional groups attached to an aromatic ring is 1. The summed E-state index contributed by atoms with van der Waals surface area (Å²) in [4.78, 5) is 21.8. The Hall–Kier alpha value is -4.68. The van der Waals surface area contributed by atoms with Crippen LogP contribution in [0.1, 0.15) is 43.1 Å². The highest BCUT2D eigenvalue weighted by Gasteiger charge is 2.29. The predicted molar refractivity (Wildman–Crippen MR) is 171 cm³/mol. The molecule has 0 spiro atoms. The maximum Gasteiger partial charge on any atom is 0.261 e. The van der Waals surface area contributed by atoms with E-state index in [1.54, 1.807) is 48.7 Å². The molecule has 2 aromatic heterocycles. The molecule has 1 aliphatic rings. The zero-order valence-corrected chi connectivity index (χ0v) is 25.0. The highest BCUT2D eigenvalue weighted by atomic mass is 32.2. The number of hydrogen-bond acceptors (Lipinski definition) is 7. The number of H-pyrrole nitrogens is 2. The summed E-state index contributed by atoms with van der Waals surface area (Å²) in [7, 11) is -3.82. The van der Waals surface area contributed by atoms with E-state index >= 15 is 0 Å². The van der Waals surface area contributed by atoms with E-state index in [0.717, 1.165) is 53.4 Å². The van der Waals surface area contributed by atoms with Crippen molar-refractivity contribution < 1.29 is 13.2 Å². The quantitative estimate of drug-likeness (QED) is 0.134. The molecule has 44 heavy (non-hydrogen) atoms. The van der Waals surface area contributed by atoms with E-state index in [1.165, 1.54) is 0 Å². The molecule has 228 valence electrons. The third kappa shape index (κ3) is 6.31. The Morgan fingerprint density at radius 2 is 1.75 bits per heavy atom. The van der Waals surface area contributed by atoms with Gasteiger partial charge in [0.05, 0.1) is 34.0 Å². The van der Waals surface area contributed by atoms with Gasteiger partial charge in [-0.25, -0.2) is 13.4 Å². The first-order valence-electron chi connectivity index (χ1n) is 14.8. The lowest BCUT2D eigenvalue weighted by molar-refractivity contribution is -0.127. The maximum absolute atomic E-state index is 13.6. The topological polar surface area (TPSA) is 185 Å². The number of sulfonamides is 1. The minimum Gasteiger partial charge on any atom is -0.382 e. The molecule has 1 atom stereocenters. The molecule has 8 N–H and O–H groups in total. The number of aromatic nitrogens is 4. The fourth-order valence-electron chi connectivity index (χ4n) is 5.86. The van der Waals surface area contributed by atoms with Crippen LogP contribution in [0.5, 0.6) is 0 Å². The number of nitrogens with two attached hydrogens (primary N) is 2. The number of fused-ring (bicyclic) bond motifs is 1. The second-order valence-corrected chi connectivity index (χ2v) is 13.0. The minimum absolute atomic E-state index is 0.0416. The Morgan fingerprint density at radius 1 is 1.00 bits per heavy atom. The van der Waals surface area contributed by atoms with Gasteiger partial charge in [-0.1, -0.05) is 42.5 Å². The van der Waals surface area contributed by atoms with E-state index in [1.807, 2.05) is 30.3 Å². The molecule has 11 nitrogen and oxygen atoms in total. The number of rotatable bonds is 10. The lowest BCUT2D eigenvalue weighted by atomic mass is 9.81. The monoisotopic (exact) mass is 612 g/mol. The molecule has 12 heteroatoms. The van der Waals surface area contributed by atoms with Crippen molar-refractivity contribution in [2.24, 2.45) is 17.6 Å². The molecule has 0 unspecified atom stereocenters. The molecular formula is C32H36N8O3S. The van der Waals surface area contributed by atoms with E-state index in [0.29, 0.717) is 36.2 Å². The number of carbonyl (C=O) groups is 1. The zero-order valence-electron chi connectivity index (χ0n) is 24.2. The SMILES string of the molecule is NCC1CCC(C(=O)N[C@@H](Cc2ccccc2NS(=O)(=O)c2ccccc2)c2ncc(-c3ccc4c(N)n[nH]c4c3)[nH]2)CC1.